The van der Waals surface area contributed by atoms with Crippen molar-refractivity contribution in [2.24, 2.45) is 4.99 Å². The fourth-order valence-corrected chi connectivity index (χ4v) is 4.17. The summed E-state index contributed by atoms with van der Waals surface area (Å²) in [7, 11) is 1.73. The molecule has 0 N–H and O–H groups in total. The summed E-state index contributed by atoms with van der Waals surface area (Å²) in [5, 5.41) is 0. The minimum atomic E-state index is 0.495. The molecule has 3 nitrogen and oxygen atoms in total. The first-order valence-electron chi connectivity index (χ1n) is 8.35. The van der Waals surface area contributed by atoms with Crippen LogP contribution in [0.5, 0.6) is 5.75 Å². The second-order valence-corrected chi connectivity index (χ2v) is 8.02. The van der Waals surface area contributed by atoms with Gasteiger partial charge in [-0.2, -0.15) is 0 Å². The third kappa shape index (κ3) is 4.57. The van der Waals surface area contributed by atoms with Gasteiger partial charge in [0.25, 0.3) is 0 Å². The molecule has 5 heteroatoms. The lowest BCUT2D eigenvalue weighted by Crippen LogP contribution is -2.35. The summed E-state index contributed by atoms with van der Waals surface area (Å²) in [5.74, 6) is 2.13. The monoisotopic (exact) mass is 410 g/mol. The molecule has 0 radical (unpaired) electrons. The van der Waals surface area contributed by atoms with E-state index in [2.05, 4.69) is 53.9 Å². The number of thioether (sulfide) groups is 1. The Balaban J connectivity index is 2.18. The zero-order valence-electron chi connectivity index (χ0n) is 15.2. The summed E-state index contributed by atoms with van der Waals surface area (Å²) in [6, 6.07) is 6.69. The molecule has 0 aliphatic carbocycles. The van der Waals surface area contributed by atoms with Crippen molar-refractivity contribution < 1.29 is 4.74 Å². The van der Waals surface area contributed by atoms with E-state index in [1.165, 1.54) is 21.9 Å². The van der Waals surface area contributed by atoms with E-state index < -0.39 is 0 Å². The van der Waals surface area contributed by atoms with Gasteiger partial charge in [0.05, 0.1) is 13.7 Å². The Kier molecular flexibility index (Phi) is 7.23. The molecule has 0 saturated carbocycles. The van der Waals surface area contributed by atoms with Crippen molar-refractivity contribution in [3.8, 4) is 5.75 Å². The maximum Gasteiger partial charge on any atom is 0.127 e. The number of halogens is 1. The van der Waals surface area contributed by atoms with Crippen LogP contribution in [-0.2, 0) is 6.42 Å². The number of nitrogens with zero attached hydrogens (tertiary/aromatic N) is 2. The van der Waals surface area contributed by atoms with Crippen molar-refractivity contribution in [2.75, 3.05) is 26.5 Å². The summed E-state index contributed by atoms with van der Waals surface area (Å²) < 4.78 is 6.59. The first-order chi connectivity index (χ1) is 11.5. The molecule has 1 aliphatic heterocycles. The van der Waals surface area contributed by atoms with E-state index in [1.807, 2.05) is 23.9 Å². The topological polar surface area (TPSA) is 24.8 Å². The minimum absolute atomic E-state index is 0.495. The fraction of sp³-hybridized carbons (Fsp3) is 0.526. The lowest BCUT2D eigenvalue weighted by molar-refractivity contribution is 0.380. The number of hydrogen-bond donors (Lipinski definition) is 0. The predicted molar refractivity (Wildman–Crippen MR) is 109 cm³/mol. The quantitative estimate of drug-likeness (QED) is 0.620. The highest BCUT2D eigenvalue weighted by Gasteiger charge is 2.22. The summed E-state index contributed by atoms with van der Waals surface area (Å²) >= 11 is 5.39. The van der Waals surface area contributed by atoms with Gasteiger partial charge in [0, 0.05) is 22.6 Å². The molecule has 0 saturated heterocycles. The van der Waals surface area contributed by atoms with Gasteiger partial charge < -0.3 is 9.64 Å². The smallest absolute Gasteiger partial charge is 0.127 e. The Hall–Kier alpha value is -0.940. The molecule has 0 unspecified atom stereocenters. The van der Waals surface area contributed by atoms with Crippen molar-refractivity contribution in [1.29, 1.82) is 0 Å². The van der Waals surface area contributed by atoms with Crippen LogP contribution in [0.1, 0.15) is 32.8 Å². The van der Waals surface area contributed by atoms with Gasteiger partial charge in [-0.25, -0.2) is 0 Å². The number of hydrogen-bond acceptors (Lipinski definition) is 4. The molecule has 0 atom stereocenters. The lowest BCUT2D eigenvalue weighted by atomic mass is 10.1. The molecule has 2 rings (SSSR count). The van der Waals surface area contributed by atoms with Gasteiger partial charge in [-0.1, -0.05) is 15.9 Å². The van der Waals surface area contributed by atoms with Gasteiger partial charge in [-0.05, 0) is 68.5 Å². The van der Waals surface area contributed by atoms with Crippen LogP contribution >= 0.6 is 27.7 Å². The number of ether oxygens (including phenoxy) is 1. The van der Waals surface area contributed by atoms with E-state index in [0.717, 1.165) is 36.2 Å². The predicted octanol–water partition coefficient (Wildman–Crippen LogP) is 5.15. The van der Waals surface area contributed by atoms with E-state index in [9.17, 15) is 0 Å². The number of aliphatic imine (C=N–C) groups is 1. The molecule has 1 aromatic rings. The molecule has 0 aromatic heterocycles. The molecule has 0 fully saturated rings. The van der Waals surface area contributed by atoms with Crippen LogP contribution in [0, 0.1) is 0 Å². The summed E-state index contributed by atoms with van der Waals surface area (Å²) in [6.45, 7) is 8.62. The van der Waals surface area contributed by atoms with Crippen LogP contribution < -0.4 is 4.74 Å². The molecule has 1 aromatic carbocycles. The Morgan fingerprint density at radius 3 is 2.79 bits per heavy atom. The second-order valence-electron chi connectivity index (χ2n) is 6.20. The number of allylic oxidation sites excluding steroid dienone is 1. The first-order valence-corrected chi connectivity index (χ1v) is 10.4. The van der Waals surface area contributed by atoms with Crippen molar-refractivity contribution in [1.82, 2.24) is 4.90 Å². The Labute approximate surface area is 158 Å². The van der Waals surface area contributed by atoms with Crippen LogP contribution in [0.25, 0.3) is 0 Å². The van der Waals surface area contributed by atoms with E-state index in [0.29, 0.717) is 6.04 Å². The Bertz CT molecular complexity index is 640. The second kappa shape index (κ2) is 8.95. The van der Waals surface area contributed by atoms with Gasteiger partial charge >= 0.3 is 0 Å². The average molecular weight is 411 g/mol. The van der Waals surface area contributed by atoms with E-state index >= 15 is 0 Å². The van der Waals surface area contributed by atoms with Crippen LogP contribution in [-0.4, -0.2) is 43.2 Å². The van der Waals surface area contributed by atoms with Crippen molar-refractivity contribution in [2.45, 2.75) is 39.7 Å². The molecule has 0 bridgehead atoms. The SMILES string of the molecule is COc1ccc(Br)cc1CC/C(SC)=C(/C)C1=NCCN1C(C)C. The standard InChI is InChI=1S/C19H27BrN2OS/c1-13(2)22-11-10-21-19(22)14(3)18(24-5)9-6-15-12-16(20)7-8-17(15)23-4/h7-8,12-13H,6,9-11H2,1-5H3/b18-14+. The number of methoxy groups -OCH3 is 1. The lowest BCUT2D eigenvalue weighted by Gasteiger charge is -2.26. The van der Waals surface area contributed by atoms with Crippen molar-refractivity contribution in [3.63, 3.8) is 0 Å². The molecular weight excluding hydrogens is 384 g/mol. The Morgan fingerprint density at radius 2 is 2.17 bits per heavy atom. The molecule has 1 heterocycles. The third-order valence-electron chi connectivity index (χ3n) is 4.36. The largest absolute Gasteiger partial charge is 0.496 e. The van der Waals surface area contributed by atoms with Gasteiger partial charge in [0.15, 0.2) is 0 Å². The zero-order valence-corrected chi connectivity index (χ0v) is 17.6. The van der Waals surface area contributed by atoms with Crippen molar-refractivity contribution >= 4 is 33.5 Å². The molecule has 132 valence electrons. The molecule has 1 aliphatic rings. The average Bonchev–Trinajstić information content (AvgIpc) is 3.05. The van der Waals surface area contributed by atoms with E-state index in [4.69, 9.17) is 9.73 Å². The van der Waals surface area contributed by atoms with E-state index in [-0.39, 0.29) is 0 Å². The zero-order chi connectivity index (χ0) is 17.7. The van der Waals surface area contributed by atoms with Gasteiger partial charge in [-0.3, -0.25) is 4.99 Å². The number of rotatable bonds is 7. The molecule has 0 amide bonds. The van der Waals surface area contributed by atoms with Gasteiger partial charge in [0.1, 0.15) is 11.6 Å². The number of amidine groups is 1. The van der Waals surface area contributed by atoms with Crippen LogP contribution in [0.4, 0.5) is 0 Å². The number of benzene rings is 1. The van der Waals surface area contributed by atoms with Crippen LogP contribution in [0.2, 0.25) is 0 Å². The maximum absolute atomic E-state index is 5.50. The summed E-state index contributed by atoms with van der Waals surface area (Å²) in [6.07, 6.45) is 4.13. The first kappa shape index (κ1) is 19.4. The summed E-state index contributed by atoms with van der Waals surface area (Å²) in [4.78, 5) is 8.56. The third-order valence-corrected chi connectivity index (χ3v) is 5.86. The van der Waals surface area contributed by atoms with Crippen LogP contribution in [0.15, 0.2) is 38.1 Å². The highest BCUT2D eigenvalue weighted by molar-refractivity contribution is 9.10. The highest BCUT2D eigenvalue weighted by atomic mass is 79.9. The van der Waals surface area contributed by atoms with Crippen LogP contribution in [0.3, 0.4) is 0 Å². The Morgan fingerprint density at radius 1 is 1.42 bits per heavy atom. The minimum Gasteiger partial charge on any atom is -0.496 e. The molecule has 24 heavy (non-hydrogen) atoms. The molecule has 0 spiro atoms. The van der Waals surface area contributed by atoms with Crippen molar-refractivity contribution in [3.05, 3.63) is 38.7 Å². The highest BCUT2D eigenvalue weighted by Crippen LogP contribution is 2.30. The number of aryl methyl sites for hydroxylation is 1. The van der Waals surface area contributed by atoms with Gasteiger partial charge in [0.2, 0.25) is 0 Å². The normalized spacial score (nSPS) is 15.6. The van der Waals surface area contributed by atoms with E-state index in [1.54, 1.807) is 7.11 Å². The van der Waals surface area contributed by atoms with Gasteiger partial charge in [-0.15, -0.1) is 11.8 Å². The molecular formula is C19H27BrN2OS. The maximum atomic E-state index is 5.50. The fourth-order valence-electron chi connectivity index (χ4n) is 3.06. The summed E-state index contributed by atoms with van der Waals surface area (Å²) in [5.41, 5.74) is 2.56.